The van der Waals surface area contributed by atoms with Crippen molar-refractivity contribution in [3.63, 3.8) is 0 Å². The average Bonchev–Trinajstić information content (AvgIpc) is 2.43. The fourth-order valence-corrected chi connectivity index (χ4v) is 2.72. The predicted molar refractivity (Wildman–Crippen MR) is 75.4 cm³/mol. The van der Waals surface area contributed by atoms with E-state index in [0.717, 1.165) is 25.8 Å². The van der Waals surface area contributed by atoms with Crippen LogP contribution in [0.15, 0.2) is 0 Å². The van der Waals surface area contributed by atoms with Crippen molar-refractivity contribution in [3.8, 4) is 0 Å². The van der Waals surface area contributed by atoms with Crippen LogP contribution in [-0.4, -0.2) is 43.4 Å². The zero-order valence-electron chi connectivity index (χ0n) is 12.3. The normalized spacial score (nSPS) is 21.3. The summed E-state index contributed by atoms with van der Waals surface area (Å²) in [5, 5.41) is 2.67. The van der Waals surface area contributed by atoms with Gasteiger partial charge in [-0.25, -0.2) is 0 Å². The molecule has 5 heteroatoms. The van der Waals surface area contributed by atoms with Crippen LogP contribution < -0.4 is 11.1 Å². The van der Waals surface area contributed by atoms with Crippen molar-refractivity contribution < 1.29 is 9.59 Å². The number of carbonyl (C=O) groups excluding carboxylic acids is 2. The first kappa shape index (κ1) is 16.0. The Hall–Kier alpha value is -1.10. The van der Waals surface area contributed by atoms with E-state index in [4.69, 9.17) is 5.73 Å². The lowest BCUT2D eigenvalue weighted by atomic mass is 9.92. The summed E-state index contributed by atoms with van der Waals surface area (Å²) in [6.07, 6.45) is 2.57. The van der Waals surface area contributed by atoms with Gasteiger partial charge in [-0.3, -0.25) is 9.59 Å². The van der Waals surface area contributed by atoms with Crippen molar-refractivity contribution in [2.24, 2.45) is 23.5 Å². The van der Waals surface area contributed by atoms with Crippen molar-refractivity contribution in [1.29, 1.82) is 0 Å². The van der Waals surface area contributed by atoms with Crippen LogP contribution in [0.1, 0.15) is 33.1 Å². The Balaban J connectivity index is 2.62. The minimum absolute atomic E-state index is 0.0330. The van der Waals surface area contributed by atoms with E-state index in [-0.39, 0.29) is 23.7 Å². The molecule has 0 radical (unpaired) electrons. The molecule has 2 unspecified atom stereocenters. The molecule has 0 spiro atoms. The molecule has 1 rings (SSSR count). The summed E-state index contributed by atoms with van der Waals surface area (Å²) in [7, 11) is 1.64. The molecular formula is C14H27N3O2. The Bertz CT molecular complexity index is 318. The maximum atomic E-state index is 12.4. The summed E-state index contributed by atoms with van der Waals surface area (Å²) in [6, 6.07) is 0. The van der Waals surface area contributed by atoms with Gasteiger partial charge in [-0.1, -0.05) is 13.8 Å². The zero-order valence-corrected chi connectivity index (χ0v) is 12.3. The SMILES string of the molecule is CNC(=O)C1CCCN(C(=O)C(CN)CC(C)C)C1. The number of amides is 2. The molecule has 19 heavy (non-hydrogen) atoms. The molecule has 1 fully saturated rings. The fraction of sp³-hybridized carbons (Fsp3) is 0.857. The molecule has 0 aromatic rings. The Labute approximate surface area is 115 Å². The highest BCUT2D eigenvalue weighted by atomic mass is 16.2. The minimum atomic E-state index is -0.108. The van der Waals surface area contributed by atoms with Crippen molar-refractivity contribution >= 4 is 11.8 Å². The molecule has 0 bridgehead atoms. The molecule has 5 nitrogen and oxygen atoms in total. The number of rotatable bonds is 5. The highest BCUT2D eigenvalue weighted by Crippen LogP contribution is 2.20. The van der Waals surface area contributed by atoms with Crippen LogP contribution >= 0.6 is 0 Å². The largest absolute Gasteiger partial charge is 0.359 e. The van der Waals surface area contributed by atoms with E-state index >= 15 is 0 Å². The van der Waals surface area contributed by atoms with Gasteiger partial charge in [-0.2, -0.15) is 0 Å². The fourth-order valence-electron chi connectivity index (χ4n) is 2.72. The van der Waals surface area contributed by atoms with Crippen molar-refractivity contribution in [2.45, 2.75) is 33.1 Å². The van der Waals surface area contributed by atoms with Gasteiger partial charge in [-0.15, -0.1) is 0 Å². The third-order valence-electron chi connectivity index (χ3n) is 3.74. The van der Waals surface area contributed by atoms with Gasteiger partial charge >= 0.3 is 0 Å². The van der Waals surface area contributed by atoms with Gasteiger partial charge < -0.3 is 16.0 Å². The lowest BCUT2D eigenvalue weighted by molar-refractivity contribution is -0.139. The first-order chi connectivity index (χ1) is 8.99. The number of likely N-dealkylation sites (tertiary alicyclic amines) is 1. The highest BCUT2D eigenvalue weighted by molar-refractivity contribution is 5.82. The van der Waals surface area contributed by atoms with Crippen molar-refractivity contribution in [2.75, 3.05) is 26.7 Å². The molecule has 0 aromatic carbocycles. The molecule has 0 aliphatic carbocycles. The first-order valence-electron chi connectivity index (χ1n) is 7.20. The molecule has 3 N–H and O–H groups in total. The molecular weight excluding hydrogens is 242 g/mol. The topological polar surface area (TPSA) is 75.4 Å². The predicted octanol–water partition coefficient (Wildman–Crippen LogP) is 0.592. The van der Waals surface area contributed by atoms with Crippen LogP contribution in [0.2, 0.25) is 0 Å². The monoisotopic (exact) mass is 269 g/mol. The molecule has 1 saturated heterocycles. The van der Waals surface area contributed by atoms with Gasteiger partial charge in [0, 0.05) is 26.7 Å². The molecule has 1 aliphatic heterocycles. The second-order valence-corrected chi connectivity index (χ2v) is 5.80. The van der Waals surface area contributed by atoms with Crippen LogP contribution in [-0.2, 0) is 9.59 Å². The summed E-state index contributed by atoms with van der Waals surface area (Å²) < 4.78 is 0. The smallest absolute Gasteiger partial charge is 0.226 e. The van der Waals surface area contributed by atoms with Gasteiger partial charge in [0.05, 0.1) is 11.8 Å². The van der Waals surface area contributed by atoms with Gasteiger partial charge in [0.2, 0.25) is 11.8 Å². The van der Waals surface area contributed by atoms with E-state index in [0.29, 0.717) is 19.0 Å². The third kappa shape index (κ3) is 4.49. The Kier molecular flexibility index (Phi) is 6.28. The standard InChI is InChI=1S/C14H27N3O2/c1-10(2)7-12(8-15)14(19)17-6-4-5-11(9-17)13(18)16-3/h10-12H,4-9,15H2,1-3H3,(H,16,18). The van der Waals surface area contributed by atoms with Gasteiger partial charge in [-0.05, 0) is 25.2 Å². The highest BCUT2D eigenvalue weighted by Gasteiger charge is 2.31. The molecule has 110 valence electrons. The van der Waals surface area contributed by atoms with E-state index in [9.17, 15) is 9.59 Å². The minimum Gasteiger partial charge on any atom is -0.359 e. The number of nitrogens with one attached hydrogen (secondary N) is 1. The molecule has 0 saturated carbocycles. The summed E-state index contributed by atoms with van der Waals surface area (Å²) in [4.78, 5) is 25.9. The number of piperidine rings is 1. The maximum absolute atomic E-state index is 12.4. The summed E-state index contributed by atoms with van der Waals surface area (Å²) in [6.45, 7) is 5.87. The quantitative estimate of drug-likeness (QED) is 0.767. The Morgan fingerprint density at radius 2 is 2.11 bits per heavy atom. The summed E-state index contributed by atoms with van der Waals surface area (Å²) in [5.41, 5.74) is 5.72. The van der Waals surface area contributed by atoms with Crippen LogP contribution in [0, 0.1) is 17.8 Å². The number of nitrogens with zero attached hydrogens (tertiary/aromatic N) is 1. The van der Waals surface area contributed by atoms with E-state index in [1.54, 1.807) is 7.05 Å². The van der Waals surface area contributed by atoms with Crippen LogP contribution in [0.25, 0.3) is 0 Å². The average molecular weight is 269 g/mol. The zero-order chi connectivity index (χ0) is 14.4. The molecule has 1 heterocycles. The maximum Gasteiger partial charge on any atom is 0.226 e. The van der Waals surface area contributed by atoms with E-state index < -0.39 is 0 Å². The van der Waals surface area contributed by atoms with E-state index in [2.05, 4.69) is 19.2 Å². The molecule has 2 amide bonds. The lowest BCUT2D eigenvalue weighted by Crippen LogP contribution is -2.48. The van der Waals surface area contributed by atoms with Crippen molar-refractivity contribution in [1.82, 2.24) is 10.2 Å². The van der Waals surface area contributed by atoms with Crippen LogP contribution in [0.4, 0.5) is 0 Å². The Morgan fingerprint density at radius 1 is 1.42 bits per heavy atom. The summed E-state index contributed by atoms with van der Waals surface area (Å²) >= 11 is 0. The number of nitrogens with two attached hydrogens (primary N) is 1. The first-order valence-corrected chi connectivity index (χ1v) is 7.20. The molecule has 2 atom stereocenters. The van der Waals surface area contributed by atoms with Gasteiger partial charge in [0.1, 0.15) is 0 Å². The molecule has 1 aliphatic rings. The second-order valence-electron chi connectivity index (χ2n) is 5.80. The Morgan fingerprint density at radius 3 is 2.63 bits per heavy atom. The lowest BCUT2D eigenvalue weighted by Gasteiger charge is -2.34. The second kappa shape index (κ2) is 7.48. The number of hydrogen-bond acceptors (Lipinski definition) is 3. The van der Waals surface area contributed by atoms with Crippen molar-refractivity contribution in [3.05, 3.63) is 0 Å². The van der Waals surface area contributed by atoms with Gasteiger partial charge in [0.15, 0.2) is 0 Å². The number of carbonyl (C=O) groups is 2. The number of hydrogen-bond donors (Lipinski definition) is 2. The van der Waals surface area contributed by atoms with E-state index in [1.165, 1.54) is 0 Å². The van der Waals surface area contributed by atoms with Crippen LogP contribution in [0.3, 0.4) is 0 Å². The van der Waals surface area contributed by atoms with E-state index in [1.807, 2.05) is 4.90 Å². The summed E-state index contributed by atoms with van der Waals surface area (Å²) in [5.74, 6) is 0.427. The van der Waals surface area contributed by atoms with Crippen LogP contribution in [0.5, 0.6) is 0 Å². The van der Waals surface area contributed by atoms with Gasteiger partial charge in [0.25, 0.3) is 0 Å². The third-order valence-corrected chi connectivity index (χ3v) is 3.74. The molecule has 0 aromatic heterocycles.